The van der Waals surface area contributed by atoms with Gasteiger partial charge in [-0.3, -0.25) is 23.9 Å². The Morgan fingerprint density at radius 1 is 1.24 bits per heavy atom. The van der Waals surface area contributed by atoms with Crippen LogP contribution in [-0.2, 0) is 16.1 Å². The van der Waals surface area contributed by atoms with E-state index >= 15 is 0 Å². The van der Waals surface area contributed by atoms with Gasteiger partial charge in [-0.25, -0.2) is 0 Å². The molecule has 3 N–H and O–H groups in total. The van der Waals surface area contributed by atoms with Crippen LogP contribution in [0.2, 0.25) is 0 Å². The fourth-order valence-electron chi connectivity index (χ4n) is 2.82. The molecule has 0 saturated heterocycles. The van der Waals surface area contributed by atoms with E-state index in [0.29, 0.717) is 11.4 Å². The third-order valence-corrected chi connectivity index (χ3v) is 5.77. The van der Waals surface area contributed by atoms with Gasteiger partial charge in [0.05, 0.1) is 6.54 Å². The van der Waals surface area contributed by atoms with E-state index in [2.05, 4.69) is 22.1 Å². The van der Waals surface area contributed by atoms with Gasteiger partial charge in [0.25, 0.3) is 11.5 Å². The molecule has 0 aliphatic carbocycles. The van der Waals surface area contributed by atoms with Crippen molar-refractivity contribution in [1.29, 1.82) is 5.26 Å². The molecule has 37 heavy (non-hydrogen) atoms. The third kappa shape index (κ3) is 9.14. The molecule has 0 atom stereocenters. The van der Waals surface area contributed by atoms with Crippen molar-refractivity contribution >= 4 is 46.0 Å². The van der Waals surface area contributed by atoms with Crippen molar-refractivity contribution < 1.29 is 22.8 Å². The van der Waals surface area contributed by atoms with E-state index < -0.39 is 29.8 Å². The van der Waals surface area contributed by atoms with Crippen molar-refractivity contribution in [1.82, 2.24) is 14.8 Å². The topological polar surface area (TPSA) is 119 Å². The van der Waals surface area contributed by atoms with Crippen LogP contribution in [0.5, 0.6) is 0 Å². The minimum Gasteiger partial charge on any atom is -0.355 e. The maximum atomic E-state index is 12.7. The number of nitrogens with one attached hydrogen (secondary N) is 3. The lowest BCUT2D eigenvalue weighted by Gasteiger charge is -2.13. The number of nitrogens with zero attached hydrogens (tertiary/aromatic N) is 3. The Kier molecular flexibility index (Phi) is 10.5. The van der Waals surface area contributed by atoms with Gasteiger partial charge in [0.2, 0.25) is 5.91 Å². The van der Waals surface area contributed by atoms with E-state index in [1.54, 1.807) is 36.5 Å². The van der Waals surface area contributed by atoms with Gasteiger partial charge in [0.1, 0.15) is 21.8 Å². The van der Waals surface area contributed by atoms with Crippen molar-refractivity contribution in [2.24, 2.45) is 0 Å². The van der Waals surface area contributed by atoms with Crippen molar-refractivity contribution in [2.45, 2.75) is 26.6 Å². The van der Waals surface area contributed by atoms with Crippen LogP contribution in [0.15, 0.2) is 40.8 Å². The van der Waals surface area contributed by atoms with E-state index in [-0.39, 0.29) is 28.2 Å². The number of aromatic nitrogens is 1. The number of carbonyl (C=O) groups is 2. The fourth-order valence-corrected chi connectivity index (χ4v) is 3.81. The van der Waals surface area contributed by atoms with Gasteiger partial charge in [-0.05, 0) is 38.7 Å². The zero-order chi connectivity index (χ0) is 27.6. The summed E-state index contributed by atoms with van der Waals surface area (Å²) in [7, 11) is 1.83. The average molecular weight is 535 g/mol. The van der Waals surface area contributed by atoms with Crippen molar-refractivity contribution in [3.8, 4) is 6.07 Å². The lowest BCUT2D eigenvalue weighted by Crippen LogP contribution is -2.34. The highest BCUT2D eigenvalue weighted by atomic mass is 32.1. The molecule has 13 heteroatoms. The number of likely N-dealkylation sites (N-methyl/N-ethyl adjacent to an activating group) is 1. The van der Waals surface area contributed by atoms with Crippen LogP contribution in [-0.4, -0.2) is 54.1 Å². The van der Waals surface area contributed by atoms with E-state index in [1.165, 1.54) is 16.8 Å². The second-order valence-corrected chi connectivity index (χ2v) is 8.59. The minimum absolute atomic E-state index is 0.0869. The first-order valence-corrected chi connectivity index (χ1v) is 11.8. The fraction of sp³-hybridized carbons (Fsp3) is 0.333. The first-order valence-electron chi connectivity index (χ1n) is 11.0. The number of thiazole rings is 1. The molecule has 2 aromatic rings. The van der Waals surface area contributed by atoms with Gasteiger partial charge >= 0.3 is 6.18 Å². The molecule has 0 radical (unpaired) electrons. The Morgan fingerprint density at radius 3 is 2.57 bits per heavy atom. The summed E-state index contributed by atoms with van der Waals surface area (Å²) in [4.78, 5) is 38.5. The average Bonchev–Trinajstić information content (AvgIpc) is 3.14. The second kappa shape index (κ2) is 13.3. The smallest absolute Gasteiger partial charge is 0.355 e. The number of rotatable bonds is 9. The SMILES string of the molecule is CCN(C)CC(=O)Nc1cccc(NC=C=c2sc(=C=C(C#N)C(=O)NCC(F)(F)F)n(CC)c2=O)c1. The maximum Gasteiger partial charge on any atom is 0.405 e. The highest BCUT2D eigenvalue weighted by Gasteiger charge is 2.28. The summed E-state index contributed by atoms with van der Waals surface area (Å²) < 4.78 is 38.5. The number of alkyl halides is 3. The summed E-state index contributed by atoms with van der Waals surface area (Å²) in [5.74, 6) is -1.41. The third-order valence-electron chi connectivity index (χ3n) is 4.76. The number of nitriles is 1. The minimum atomic E-state index is -4.64. The van der Waals surface area contributed by atoms with Gasteiger partial charge in [-0.15, -0.1) is 0 Å². The second-order valence-electron chi connectivity index (χ2n) is 7.59. The number of anilines is 2. The Balaban J connectivity index is 2.35. The molecular formula is C24H25F3N6O3S. The lowest BCUT2D eigenvalue weighted by molar-refractivity contribution is -0.136. The first-order chi connectivity index (χ1) is 17.5. The molecule has 2 amide bonds. The standard InChI is InChI=1S/C24H25F3N6O3S/c1-4-32(3)14-20(34)31-18-8-6-7-17(12-18)29-10-9-19-23(36)33(5-2)21(37-19)11-16(13-28)22(35)30-15-24(25,26)27/h6-8,10,12,29H,4-5,14-15H2,1-3H3,(H,30,35)(H,31,34). The van der Waals surface area contributed by atoms with Gasteiger partial charge in [0.15, 0.2) is 5.57 Å². The van der Waals surface area contributed by atoms with Crippen LogP contribution < -0.4 is 30.7 Å². The molecule has 0 bridgehead atoms. The number of hydrogen-bond donors (Lipinski definition) is 3. The van der Waals surface area contributed by atoms with Gasteiger partial charge < -0.3 is 16.0 Å². The zero-order valence-electron chi connectivity index (χ0n) is 20.3. The van der Waals surface area contributed by atoms with E-state index in [4.69, 9.17) is 0 Å². The molecule has 0 unspecified atom stereocenters. The van der Waals surface area contributed by atoms with Gasteiger partial charge in [-0.2, -0.15) is 18.4 Å². The molecule has 0 aliphatic heterocycles. The van der Waals surface area contributed by atoms with Crippen LogP contribution in [0.3, 0.4) is 0 Å². The molecule has 2 rings (SSSR count). The predicted octanol–water partition coefficient (Wildman–Crippen LogP) is 1.33. The maximum absolute atomic E-state index is 12.7. The Morgan fingerprint density at radius 2 is 1.95 bits per heavy atom. The van der Waals surface area contributed by atoms with E-state index in [1.807, 2.05) is 18.9 Å². The van der Waals surface area contributed by atoms with Crippen LogP contribution in [0, 0.1) is 11.3 Å². The summed E-state index contributed by atoms with van der Waals surface area (Å²) in [6, 6.07) is 8.41. The molecule has 9 nitrogen and oxygen atoms in total. The quantitative estimate of drug-likeness (QED) is 0.330. The molecule has 0 fully saturated rings. The molecular weight excluding hydrogens is 509 g/mol. The largest absolute Gasteiger partial charge is 0.405 e. The van der Waals surface area contributed by atoms with E-state index in [9.17, 15) is 32.8 Å². The van der Waals surface area contributed by atoms with Crippen LogP contribution in [0.4, 0.5) is 24.5 Å². The number of hydrogen-bond acceptors (Lipinski definition) is 7. The van der Waals surface area contributed by atoms with Crippen LogP contribution >= 0.6 is 11.3 Å². The van der Waals surface area contributed by atoms with Gasteiger partial charge in [0, 0.05) is 24.1 Å². The Bertz CT molecular complexity index is 1440. The molecule has 0 spiro atoms. The normalized spacial score (nSPS) is 10.6. The molecule has 196 valence electrons. The number of amides is 2. The molecule has 1 heterocycles. The zero-order valence-corrected chi connectivity index (χ0v) is 21.1. The van der Waals surface area contributed by atoms with Crippen molar-refractivity contribution in [2.75, 3.05) is 37.3 Å². The highest BCUT2D eigenvalue weighted by Crippen LogP contribution is 2.15. The summed E-state index contributed by atoms with van der Waals surface area (Å²) in [5, 5.41) is 16.5. The van der Waals surface area contributed by atoms with Crippen molar-refractivity contribution in [3.63, 3.8) is 0 Å². The lowest BCUT2D eigenvalue weighted by atomic mass is 10.2. The monoisotopic (exact) mass is 534 g/mol. The first kappa shape index (κ1) is 29.2. The van der Waals surface area contributed by atoms with Crippen molar-refractivity contribution in [3.05, 3.63) is 55.6 Å². The molecule has 1 aromatic carbocycles. The predicted molar refractivity (Wildman–Crippen MR) is 135 cm³/mol. The summed E-state index contributed by atoms with van der Waals surface area (Å²) in [5.41, 5.74) is 5.25. The van der Waals surface area contributed by atoms with Crippen LogP contribution in [0.25, 0.3) is 11.5 Å². The number of halogens is 3. The number of benzene rings is 1. The highest BCUT2D eigenvalue weighted by molar-refractivity contribution is 7.07. The number of carbonyl (C=O) groups excluding carboxylic acids is 2. The summed E-state index contributed by atoms with van der Waals surface area (Å²) in [6.45, 7) is 3.14. The summed E-state index contributed by atoms with van der Waals surface area (Å²) >= 11 is 0.871. The molecule has 0 saturated carbocycles. The molecule has 0 aliphatic rings. The van der Waals surface area contributed by atoms with E-state index in [0.717, 1.165) is 17.9 Å². The Hall–Kier alpha value is -4.07. The van der Waals surface area contributed by atoms with Crippen LogP contribution in [0.1, 0.15) is 13.8 Å². The Labute approximate surface area is 214 Å². The summed E-state index contributed by atoms with van der Waals surface area (Å²) in [6.07, 6.45) is -3.25. The van der Waals surface area contributed by atoms with Gasteiger partial charge in [-0.1, -0.05) is 35.8 Å². The molecule has 1 aromatic heterocycles.